The zero-order valence-electron chi connectivity index (χ0n) is 10.2. The Bertz CT molecular complexity index is 616. The lowest BCUT2D eigenvalue weighted by Crippen LogP contribution is -2.19. The molecular formula is C14H12ClIN2O. The van der Waals surface area contributed by atoms with E-state index in [0.29, 0.717) is 10.7 Å². The molecule has 0 aliphatic carbocycles. The molecule has 0 unspecified atom stereocenters. The molecule has 0 bridgehead atoms. The van der Waals surface area contributed by atoms with Crippen LogP contribution in [0, 0.1) is 10.5 Å². The molecule has 0 aliphatic heterocycles. The zero-order valence-corrected chi connectivity index (χ0v) is 13.1. The fourth-order valence-corrected chi connectivity index (χ4v) is 2.22. The molecule has 2 amide bonds. The van der Waals surface area contributed by atoms with Crippen molar-refractivity contribution in [2.24, 2.45) is 0 Å². The molecule has 5 heteroatoms. The van der Waals surface area contributed by atoms with Crippen molar-refractivity contribution in [1.29, 1.82) is 0 Å². The number of carbonyl (C=O) groups excluding carboxylic acids is 1. The van der Waals surface area contributed by atoms with Gasteiger partial charge in [0.1, 0.15) is 0 Å². The van der Waals surface area contributed by atoms with Gasteiger partial charge in [-0.05, 0) is 59.3 Å². The Morgan fingerprint density at radius 2 is 1.89 bits per heavy atom. The first-order valence-electron chi connectivity index (χ1n) is 5.65. The third-order valence-electron chi connectivity index (χ3n) is 2.55. The molecule has 0 radical (unpaired) electrons. The molecule has 0 aliphatic rings. The maximum Gasteiger partial charge on any atom is 0.323 e. The van der Waals surface area contributed by atoms with Crippen LogP contribution >= 0.6 is 34.2 Å². The topological polar surface area (TPSA) is 41.1 Å². The minimum absolute atomic E-state index is 0.312. The Labute approximate surface area is 130 Å². The lowest BCUT2D eigenvalue weighted by Gasteiger charge is -2.09. The first kappa shape index (κ1) is 14.1. The molecule has 2 aromatic carbocycles. The minimum atomic E-state index is -0.312. The third kappa shape index (κ3) is 3.84. The number of carbonyl (C=O) groups is 1. The normalized spacial score (nSPS) is 10.1. The zero-order chi connectivity index (χ0) is 13.8. The van der Waals surface area contributed by atoms with Crippen molar-refractivity contribution in [1.82, 2.24) is 0 Å². The van der Waals surface area contributed by atoms with Crippen molar-refractivity contribution in [2.75, 3.05) is 10.6 Å². The summed E-state index contributed by atoms with van der Waals surface area (Å²) in [4.78, 5) is 11.8. The smallest absolute Gasteiger partial charge is 0.308 e. The Kier molecular flexibility index (Phi) is 4.66. The second-order valence-corrected chi connectivity index (χ2v) is 5.59. The molecule has 2 N–H and O–H groups in total. The first-order chi connectivity index (χ1) is 9.06. The standard InChI is InChI=1S/C14H12ClIN2O/c1-9-6-7-10(8-12(9)16)17-14(19)18-13-5-3-2-4-11(13)15/h2-8H,1H3,(H2,17,18,19). The molecule has 0 saturated heterocycles. The number of para-hydroxylation sites is 1. The number of amides is 2. The van der Waals surface area contributed by atoms with Crippen molar-refractivity contribution < 1.29 is 4.79 Å². The van der Waals surface area contributed by atoms with Crippen molar-refractivity contribution in [3.8, 4) is 0 Å². The molecule has 0 spiro atoms. The largest absolute Gasteiger partial charge is 0.323 e. The van der Waals surface area contributed by atoms with Gasteiger partial charge in [-0.15, -0.1) is 0 Å². The lowest BCUT2D eigenvalue weighted by molar-refractivity contribution is 0.262. The van der Waals surface area contributed by atoms with Crippen molar-refractivity contribution in [2.45, 2.75) is 6.92 Å². The molecule has 19 heavy (non-hydrogen) atoms. The third-order valence-corrected chi connectivity index (χ3v) is 4.04. The molecule has 2 rings (SSSR count). The number of aryl methyl sites for hydroxylation is 1. The summed E-state index contributed by atoms with van der Waals surface area (Å²) in [7, 11) is 0. The predicted molar refractivity (Wildman–Crippen MR) is 88.0 cm³/mol. The van der Waals surface area contributed by atoms with E-state index >= 15 is 0 Å². The van der Waals surface area contributed by atoms with Gasteiger partial charge in [0.25, 0.3) is 0 Å². The van der Waals surface area contributed by atoms with E-state index < -0.39 is 0 Å². The molecule has 98 valence electrons. The molecule has 0 aromatic heterocycles. The number of rotatable bonds is 2. The van der Waals surface area contributed by atoms with Gasteiger partial charge in [0.2, 0.25) is 0 Å². The van der Waals surface area contributed by atoms with E-state index in [9.17, 15) is 4.79 Å². The van der Waals surface area contributed by atoms with Crippen LogP contribution < -0.4 is 10.6 Å². The van der Waals surface area contributed by atoms with Gasteiger partial charge in [-0.2, -0.15) is 0 Å². The number of benzene rings is 2. The summed E-state index contributed by atoms with van der Waals surface area (Å²) in [6.07, 6.45) is 0. The number of urea groups is 1. The van der Waals surface area contributed by atoms with E-state index in [1.165, 1.54) is 5.56 Å². The number of hydrogen-bond donors (Lipinski definition) is 2. The van der Waals surface area contributed by atoms with E-state index in [1.54, 1.807) is 12.1 Å². The van der Waals surface area contributed by atoms with Crippen LogP contribution in [0.2, 0.25) is 5.02 Å². The summed E-state index contributed by atoms with van der Waals surface area (Å²) in [5.74, 6) is 0. The molecule has 0 saturated carbocycles. The van der Waals surface area contributed by atoms with Crippen LogP contribution in [0.15, 0.2) is 42.5 Å². The summed E-state index contributed by atoms with van der Waals surface area (Å²) in [5.41, 5.74) is 2.51. The van der Waals surface area contributed by atoms with Gasteiger partial charge in [-0.3, -0.25) is 0 Å². The molecule has 0 heterocycles. The molecule has 3 nitrogen and oxygen atoms in total. The maximum absolute atomic E-state index is 11.8. The lowest BCUT2D eigenvalue weighted by atomic mass is 10.2. The second-order valence-electron chi connectivity index (χ2n) is 4.02. The Hall–Kier alpha value is -1.27. The highest BCUT2D eigenvalue weighted by Gasteiger charge is 2.06. The highest BCUT2D eigenvalue weighted by Crippen LogP contribution is 2.21. The van der Waals surface area contributed by atoms with E-state index in [0.717, 1.165) is 9.26 Å². The maximum atomic E-state index is 11.8. The summed E-state index contributed by atoms with van der Waals surface area (Å²) < 4.78 is 1.10. The fourth-order valence-electron chi connectivity index (χ4n) is 1.52. The average molecular weight is 387 g/mol. The molecule has 0 atom stereocenters. The Morgan fingerprint density at radius 1 is 1.16 bits per heavy atom. The number of anilines is 2. The first-order valence-corrected chi connectivity index (χ1v) is 7.10. The summed E-state index contributed by atoms with van der Waals surface area (Å²) in [6.45, 7) is 2.02. The van der Waals surface area contributed by atoms with Gasteiger partial charge < -0.3 is 10.6 Å². The molecule has 2 aromatic rings. The van der Waals surface area contributed by atoms with Crippen LogP contribution in [0.4, 0.5) is 16.2 Å². The van der Waals surface area contributed by atoms with Crippen molar-refractivity contribution in [3.05, 3.63) is 56.6 Å². The molecular weight excluding hydrogens is 375 g/mol. The predicted octanol–water partition coefficient (Wildman–Crippen LogP) is 4.90. The van der Waals surface area contributed by atoms with E-state index in [2.05, 4.69) is 33.2 Å². The summed E-state index contributed by atoms with van der Waals surface area (Å²) >= 11 is 8.21. The number of nitrogens with one attached hydrogen (secondary N) is 2. The van der Waals surface area contributed by atoms with Gasteiger partial charge >= 0.3 is 6.03 Å². The van der Waals surface area contributed by atoms with E-state index in [-0.39, 0.29) is 6.03 Å². The van der Waals surface area contributed by atoms with Crippen LogP contribution in [0.3, 0.4) is 0 Å². The van der Waals surface area contributed by atoms with E-state index in [4.69, 9.17) is 11.6 Å². The van der Waals surface area contributed by atoms with Crippen LogP contribution in [0.1, 0.15) is 5.56 Å². The van der Waals surface area contributed by atoms with Gasteiger partial charge in [0.05, 0.1) is 10.7 Å². The van der Waals surface area contributed by atoms with E-state index in [1.807, 2.05) is 37.3 Å². The van der Waals surface area contributed by atoms with Crippen molar-refractivity contribution in [3.63, 3.8) is 0 Å². The van der Waals surface area contributed by atoms with Gasteiger partial charge in [0.15, 0.2) is 0 Å². The highest BCUT2D eigenvalue weighted by atomic mass is 127. The summed E-state index contributed by atoms with van der Waals surface area (Å²) in [5, 5.41) is 5.99. The Morgan fingerprint density at radius 3 is 2.58 bits per heavy atom. The number of hydrogen-bond acceptors (Lipinski definition) is 1. The van der Waals surface area contributed by atoms with Gasteiger partial charge in [0, 0.05) is 9.26 Å². The fraction of sp³-hybridized carbons (Fsp3) is 0.0714. The Balaban J connectivity index is 2.05. The highest BCUT2D eigenvalue weighted by molar-refractivity contribution is 14.1. The van der Waals surface area contributed by atoms with Crippen LogP contribution in [0.25, 0.3) is 0 Å². The average Bonchev–Trinajstić information content (AvgIpc) is 2.37. The van der Waals surface area contributed by atoms with Crippen LogP contribution in [-0.4, -0.2) is 6.03 Å². The van der Waals surface area contributed by atoms with Gasteiger partial charge in [-0.25, -0.2) is 4.79 Å². The van der Waals surface area contributed by atoms with Gasteiger partial charge in [-0.1, -0.05) is 29.8 Å². The molecule has 0 fully saturated rings. The number of halogens is 2. The summed E-state index contributed by atoms with van der Waals surface area (Å²) in [6, 6.07) is 12.5. The van der Waals surface area contributed by atoms with Crippen LogP contribution in [-0.2, 0) is 0 Å². The monoisotopic (exact) mass is 386 g/mol. The second kappa shape index (κ2) is 6.25. The SMILES string of the molecule is Cc1ccc(NC(=O)Nc2ccccc2Cl)cc1I. The van der Waals surface area contributed by atoms with Crippen LogP contribution in [0.5, 0.6) is 0 Å². The minimum Gasteiger partial charge on any atom is -0.308 e. The van der Waals surface area contributed by atoms with Crippen molar-refractivity contribution >= 4 is 51.6 Å². The quantitative estimate of drug-likeness (QED) is 0.708.